The Morgan fingerprint density at radius 2 is 2.00 bits per heavy atom. The van der Waals surface area contributed by atoms with Gasteiger partial charge in [0.1, 0.15) is 11.6 Å². The third-order valence-corrected chi connectivity index (χ3v) is 5.15. The average Bonchev–Trinajstić information content (AvgIpc) is 2.75. The lowest BCUT2D eigenvalue weighted by Gasteiger charge is -2.23. The zero-order chi connectivity index (χ0) is 15.8. The number of sulfonamides is 1. The van der Waals surface area contributed by atoms with Gasteiger partial charge in [-0.05, 0) is 32.4 Å². The van der Waals surface area contributed by atoms with Gasteiger partial charge in [0.25, 0.3) is 10.0 Å². The van der Waals surface area contributed by atoms with Crippen LogP contribution in [-0.2, 0) is 17.1 Å². The topological polar surface area (TPSA) is 75.4 Å². The maximum Gasteiger partial charge on any atom is 0.283 e. The molecular weight excluding hydrogens is 290 g/mol. The molecule has 0 saturated heterocycles. The second-order valence-corrected chi connectivity index (χ2v) is 6.69. The summed E-state index contributed by atoms with van der Waals surface area (Å²) in [6, 6.07) is 4.67. The molecule has 0 atom stereocenters. The van der Waals surface area contributed by atoms with E-state index in [1.165, 1.54) is 22.6 Å². The predicted molar refractivity (Wildman–Crippen MR) is 81.0 cm³/mol. The first kappa shape index (κ1) is 15.4. The Morgan fingerprint density at radius 3 is 2.52 bits per heavy atom. The predicted octanol–water partition coefficient (Wildman–Crippen LogP) is 1.96. The largest absolute Gasteiger partial charge is 0.508 e. The van der Waals surface area contributed by atoms with E-state index in [1.54, 1.807) is 38.5 Å². The van der Waals surface area contributed by atoms with E-state index in [9.17, 15) is 13.5 Å². The van der Waals surface area contributed by atoms with Gasteiger partial charge in [-0.25, -0.2) is 4.98 Å². The molecule has 0 unspecified atom stereocenters. The molecule has 0 radical (unpaired) electrons. The summed E-state index contributed by atoms with van der Waals surface area (Å²) < 4.78 is 28.4. The Hall–Kier alpha value is -2.02. The van der Waals surface area contributed by atoms with Crippen LogP contribution in [0, 0.1) is 13.8 Å². The number of anilines is 1. The van der Waals surface area contributed by atoms with E-state index in [0.29, 0.717) is 11.5 Å². The molecule has 2 rings (SSSR count). The number of aryl methyl sites for hydroxylation is 3. The van der Waals surface area contributed by atoms with Crippen LogP contribution < -0.4 is 4.31 Å². The molecule has 0 saturated carbocycles. The summed E-state index contributed by atoms with van der Waals surface area (Å²) in [6.07, 6.45) is 1.49. The number of phenols is 1. The number of aromatic nitrogens is 2. The molecule has 6 nitrogen and oxygen atoms in total. The maximum absolute atomic E-state index is 12.8. The Balaban J connectivity index is 2.57. The van der Waals surface area contributed by atoms with Crippen LogP contribution in [-0.4, -0.2) is 29.6 Å². The van der Waals surface area contributed by atoms with Crippen LogP contribution >= 0.6 is 0 Å². The third kappa shape index (κ3) is 2.73. The lowest BCUT2D eigenvalue weighted by molar-refractivity contribution is 0.475. The fraction of sp³-hybridized carbons (Fsp3) is 0.357. The molecule has 0 aliphatic rings. The molecule has 0 amide bonds. The van der Waals surface area contributed by atoms with Crippen molar-refractivity contribution in [3.8, 4) is 5.75 Å². The molecule has 114 valence electrons. The summed E-state index contributed by atoms with van der Waals surface area (Å²) in [6.45, 7) is 5.55. The first-order chi connectivity index (χ1) is 9.77. The summed E-state index contributed by atoms with van der Waals surface area (Å²) in [4.78, 5) is 4.10. The van der Waals surface area contributed by atoms with Crippen LogP contribution in [0.15, 0.2) is 29.4 Å². The van der Waals surface area contributed by atoms with Crippen molar-refractivity contribution in [1.82, 2.24) is 9.55 Å². The maximum atomic E-state index is 12.8. The summed E-state index contributed by atoms with van der Waals surface area (Å²) >= 11 is 0. The summed E-state index contributed by atoms with van der Waals surface area (Å²) in [5.41, 5.74) is 1.23. The molecule has 0 aliphatic carbocycles. The number of imidazole rings is 1. The van der Waals surface area contributed by atoms with Gasteiger partial charge >= 0.3 is 0 Å². The minimum absolute atomic E-state index is 0.00657. The number of phenolic OH excluding ortho intramolecular Hbond substituents is 1. The van der Waals surface area contributed by atoms with E-state index >= 15 is 0 Å². The first-order valence-electron chi connectivity index (χ1n) is 6.59. The van der Waals surface area contributed by atoms with Crippen molar-refractivity contribution in [3.05, 3.63) is 35.8 Å². The van der Waals surface area contributed by atoms with Crippen LogP contribution in [0.25, 0.3) is 0 Å². The number of aromatic hydroxyl groups is 1. The van der Waals surface area contributed by atoms with Crippen molar-refractivity contribution in [3.63, 3.8) is 0 Å². The molecule has 7 heteroatoms. The smallest absolute Gasteiger partial charge is 0.283 e. The van der Waals surface area contributed by atoms with Gasteiger partial charge in [-0.3, -0.25) is 4.31 Å². The fourth-order valence-electron chi connectivity index (χ4n) is 2.10. The zero-order valence-corrected chi connectivity index (χ0v) is 13.3. The first-order valence-corrected chi connectivity index (χ1v) is 8.03. The molecule has 1 aromatic carbocycles. The molecule has 0 bridgehead atoms. The summed E-state index contributed by atoms with van der Waals surface area (Å²) in [5.74, 6) is 0.652. The second-order valence-electron chi connectivity index (χ2n) is 4.88. The van der Waals surface area contributed by atoms with E-state index in [4.69, 9.17) is 0 Å². The van der Waals surface area contributed by atoms with Crippen molar-refractivity contribution in [2.24, 2.45) is 7.05 Å². The minimum Gasteiger partial charge on any atom is -0.508 e. The molecule has 21 heavy (non-hydrogen) atoms. The van der Waals surface area contributed by atoms with Gasteiger partial charge in [0.15, 0.2) is 5.03 Å². The number of rotatable bonds is 4. The van der Waals surface area contributed by atoms with Crippen LogP contribution in [0.3, 0.4) is 0 Å². The average molecular weight is 309 g/mol. The summed E-state index contributed by atoms with van der Waals surface area (Å²) in [5, 5.41) is 9.63. The number of hydrogen-bond donors (Lipinski definition) is 1. The fourth-order valence-corrected chi connectivity index (χ4v) is 3.66. The van der Waals surface area contributed by atoms with Gasteiger partial charge in [0, 0.05) is 25.9 Å². The molecule has 1 N–H and O–H groups in total. The molecule has 1 heterocycles. The molecular formula is C14H19N3O3S. The molecule has 1 aromatic heterocycles. The van der Waals surface area contributed by atoms with Crippen LogP contribution in [0.5, 0.6) is 5.75 Å². The van der Waals surface area contributed by atoms with Crippen molar-refractivity contribution >= 4 is 15.7 Å². The molecule has 0 spiro atoms. The van der Waals surface area contributed by atoms with E-state index < -0.39 is 10.0 Å². The zero-order valence-electron chi connectivity index (χ0n) is 12.5. The monoisotopic (exact) mass is 309 g/mol. The third-order valence-electron chi connectivity index (χ3n) is 3.39. The van der Waals surface area contributed by atoms with Crippen LogP contribution in [0.4, 0.5) is 5.69 Å². The Kier molecular flexibility index (Phi) is 3.95. The van der Waals surface area contributed by atoms with Gasteiger partial charge in [-0.15, -0.1) is 0 Å². The standard InChI is InChI=1S/C14H19N3O3S/c1-5-17(13-8-12(18)7-6-10(13)2)21(19,20)14-9-16(4)11(3)15-14/h6-9,18H,5H2,1-4H3. The molecule has 2 aromatic rings. The van der Waals surface area contributed by atoms with Crippen LogP contribution in [0.2, 0.25) is 0 Å². The van der Waals surface area contributed by atoms with Gasteiger partial charge in [-0.2, -0.15) is 8.42 Å². The molecule has 0 fully saturated rings. The Morgan fingerprint density at radius 1 is 1.33 bits per heavy atom. The van der Waals surface area contributed by atoms with Crippen molar-refractivity contribution in [2.45, 2.75) is 25.8 Å². The lowest BCUT2D eigenvalue weighted by Crippen LogP contribution is -2.31. The Bertz CT molecular complexity index is 746. The van der Waals surface area contributed by atoms with E-state index in [1.807, 2.05) is 0 Å². The van der Waals surface area contributed by atoms with Gasteiger partial charge < -0.3 is 9.67 Å². The second kappa shape index (κ2) is 5.40. The Labute approximate surface area is 124 Å². The highest BCUT2D eigenvalue weighted by atomic mass is 32.2. The van der Waals surface area contributed by atoms with Gasteiger partial charge in [0.05, 0.1) is 5.69 Å². The lowest BCUT2D eigenvalue weighted by atomic mass is 10.2. The highest BCUT2D eigenvalue weighted by Gasteiger charge is 2.27. The minimum atomic E-state index is -3.75. The quantitative estimate of drug-likeness (QED) is 0.936. The van der Waals surface area contributed by atoms with Crippen molar-refractivity contribution in [1.29, 1.82) is 0 Å². The van der Waals surface area contributed by atoms with Gasteiger partial charge in [-0.1, -0.05) is 6.07 Å². The van der Waals surface area contributed by atoms with Gasteiger partial charge in [0.2, 0.25) is 0 Å². The number of benzene rings is 1. The number of nitrogens with zero attached hydrogens (tertiary/aromatic N) is 3. The molecule has 0 aliphatic heterocycles. The normalized spacial score (nSPS) is 11.6. The van der Waals surface area contributed by atoms with E-state index in [0.717, 1.165) is 5.56 Å². The van der Waals surface area contributed by atoms with Crippen molar-refractivity contribution < 1.29 is 13.5 Å². The van der Waals surface area contributed by atoms with E-state index in [-0.39, 0.29) is 17.3 Å². The van der Waals surface area contributed by atoms with Crippen molar-refractivity contribution in [2.75, 3.05) is 10.8 Å². The van der Waals surface area contributed by atoms with Crippen LogP contribution in [0.1, 0.15) is 18.3 Å². The highest BCUT2D eigenvalue weighted by Crippen LogP contribution is 2.29. The van der Waals surface area contributed by atoms with E-state index in [2.05, 4.69) is 4.98 Å². The SMILES string of the molecule is CCN(c1cc(O)ccc1C)S(=O)(=O)c1cn(C)c(C)n1. The highest BCUT2D eigenvalue weighted by molar-refractivity contribution is 7.92. The summed E-state index contributed by atoms with van der Waals surface area (Å²) in [7, 11) is -2.01. The number of hydrogen-bond acceptors (Lipinski definition) is 4.